The number of aromatic hydroxyl groups is 1. The van der Waals surface area contributed by atoms with Crippen molar-refractivity contribution in [1.29, 1.82) is 0 Å². The average molecular weight is 486 g/mol. The number of rotatable bonds is 10. The van der Waals surface area contributed by atoms with Crippen LogP contribution in [0.2, 0.25) is 5.02 Å². The number of alkyl halides is 1. The molecule has 5 N–H and O–H groups in total. The van der Waals surface area contributed by atoms with Crippen molar-refractivity contribution in [3.63, 3.8) is 0 Å². The molecule has 2 aromatic carbocycles. The lowest BCUT2D eigenvalue weighted by Gasteiger charge is -2.18. The maximum absolute atomic E-state index is 13.4. The molecule has 0 radical (unpaired) electrons. The van der Waals surface area contributed by atoms with Gasteiger partial charge in [0.25, 0.3) is 5.91 Å². The Bertz CT molecular complexity index is 1150. The van der Waals surface area contributed by atoms with Gasteiger partial charge in [0.2, 0.25) is 0 Å². The van der Waals surface area contributed by atoms with Crippen LogP contribution in [0.5, 0.6) is 5.75 Å². The van der Waals surface area contributed by atoms with Crippen molar-refractivity contribution < 1.29 is 14.3 Å². The molecule has 0 unspecified atom stereocenters. The Morgan fingerprint density at radius 1 is 1.15 bits per heavy atom. The van der Waals surface area contributed by atoms with Gasteiger partial charge in [-0.15, -0.1) is 0 Å². The zero-order valence-corrected chi connectivity index (χ0v) is 20.0. The summed E-state index contributed by atoms with van der Waals surface area (Å²) in [6, 6.07) is 13.0. The summed E-state index contributed by atoms with van der Waals surface area (Å²) in [4.78, 5) is 19.1. The highest BCUT2D eigenvalue weighted by Crippen LogP contribution is 2.33. The molecule has 9 heteroatoms. The third-order valence-electron chi connectivity index (χ3n) is 5.54. The van der Waals surface area contributed by atoms with E-state index in [-0.39, 0.29) is 23.0 Å². The summed E-state index contributed by atoms with van der Waals surface area (Å²) in [5, 5.41) is 16.8. The smallest absolute Gasteiger partial charge is 0.255 e. The van der Waals surface area contributed by atoms with E-state index in [1.807, 2.05) is 0 Å². The van der Waals surface area contributed by atoms with Crippen LogP contribution in [0.15, 0.2) is 48.5 Å². The number of carbonyl (C=O) groups excluding carboxylic acids is 1. The van der Waals surface area contributed by atoms with Crippen LogP contribution in [0, 0.1) is 0 Å². The van der Waals surface area contributed by atoms with Gasteiger partial charge in [-0.25, -0.2) is 9.37 Å². The number of likely N-dealkylation sites (N-methyl/N-ethyl adjacent to an activating group) is 1. The van der Waals surface area contributed by atoms with Gasteiger partial charge >= 0.3 is 0 Å². The fraction of sp³-hybridized carbons (Fsp3) is 0.280. The number of nitrogens with zero attached hydrogens (tertiary/aromatic N) is 2. The number of hydrogen-bond donors (Lipinski definition) is 4. The van der Waals surface area contributed by atoms with Crippen LogP contribution in [0.3, 0.4) is 0 Å². The van der Waals surface area contributed by atoms with Crippen molar-refractivity contribution in [3.05, 3.63) is 64.7 Å². The Kier molecular flexibility index (Phi) is 8.67. The molecule has 34 heavy (non-hydrogen) atoms. The molecule has 0 aliphatic carbocycles. The van der Waals surface area contributed by atoms with Crippen molar-refractivity contribution in [3.8, 4) is 17.0 Å². The van der Waals surface area contributed by atoms with Gasteiger partial charge in [-0.1, -0.05) is 25.4 Å². The van der Waals surface area contributed by atoms with Crippen molar-refractivity contribution in [2.75, 3.05) is 37.2 Å². The molecule has 0 atom stereocenters. The topological polar surface area (TPSA) is 104 Å². The van der Waals surface area contributed by atoms with E-state index in [1.54, 1.807) is 42.5 Å². The second-order valence-corrected chi connectivity index (χ2v) is 8.14. The van der Waals surface area contributed by atoms with E-state index >= 15 is 0 Å². The van der Waals surface area contributed by atoms with Gasteiger partial charge in [0, 0.05) is 40.6 Å². The molecule has 0 aliphatic rings. The summed E-state index contributed by atoms with van der Waals surface area (Å²) in [6.07, 6.45) is 0. The van der Waals surface area contributed by atoms with E-state index < -0.39 is 6.67 Å². The first-order chi connectivity index (χ1) is 16.4. The molecule has 3 aromatic rings. The predicted molar refractivity (Wildman–Crippen MR) is 135 cm³/mol. The van der Waals surface area contributed by atoms with Crippen LogP contribution in [0.25, 0.3) is 11.3 Å². The van der Waals surface area contributed by atoms with E-state index in [2.05, 4.69) is 34.4 Å². The summed E-state index contributed by atoms with van der Waals surface area (Å²) < 4.78 is 13.4. The molecule has 0 saturated heterocycles. The quantitative estimate of drug-likeness (QED) is 0.302. The molecule has 0 saturated carbocycles. The molecular formula is C25H29ClFN5O2. The Morgan fingerprint density at radius 3 is 2.59 bits per heavy atom. The first kappa shape index (κ1) is 25.3. The van der Waals surface area contributed by atoms with E-state index in [1.165, 1.54) is 6.07 Å². The molecule has 1 heterocycles. The van der Waals surface area contributed by atoms with E-state index in [0.717, 1.165) is 19.6 Å². The van der Waals surface area contributed by atoms with Gasteiger partial charge in [-0.2, -0.15) is 0 Å². The minimum absolute atomic E-state index is 0.00399. The highest BCUT2D eigenvalue weighted by atomic mass is 35.5. The first-order valence-electron chi connectivity index (χ1n) is 11.1. The zero-order valence-electron chi connectivity index (χ0n) is 19.2. The highest BCUT2D eigenvalue weighted by molar-refractivity contribution is 6.30. The summed E-state index contributed by atoms with van der Waals surface area (Å²) in [5.41, 5.74) is 8.76. The lowest BCUT2D eigenvalue weighted by molar-refractivity contribution is 0.0949. The zero-order chi connectivity index (χ0) is 24.7. The maximum Gasteiger partial charge on any atom is 0.255 e. The monoisotopic (exact) mass is 485 g/mol. The number of pyridine rings is 1. The first-order valence-corrected chi connectivity index (χ1v) is 11.5. The summed E-state index contributed by atoms with van der Waals surface area (Å²) in [6.45, 7) is 6.54. The van der Waals surface area contributed by atoms with Crippen LogP contribution >= 0.6 is 11.6 Å². The largest absolute Gasteiger partial charge is 0.507 e. The van der Waals surface area contributed by atoms with Crippen LogP contribution < -0.4 is 16.4 Å². The second kappa shape index (κ2) is 11.7. The van der Waals surface area contributed by atoms with Gasteiger partial charge < -0.3 is 26.4 Å². The van der Waals surface area contributed by atoms with Crippen molar-refractivity contribution >= 4 is 34.7 Å². The molecule has 0 spiro atoms. The van der Waals surface area contributed by atoms with Gasteiger partial charge in [-0.05, 0) is 61.6 Å². The van der Waals surface area contributed by atoms with E-state index in [0.29, 0.717) is 39.8 Å². The van der Waals surface area contributed by atoms with E-state index in [9.17, 15) is 14.3 Å². The third kappa shape index (κ3) is 6.15. The van der Waals surface area contributed by atoms with Crippen LogP contribution in [-0.2, 0) is 6.67 Å². The fourth-order valence-electron chi connectivity index (χ4n) is 3.55. The number of nitrogen functional groups attached to an aromatic ring is 1. The number of nitrogens with one attached hydrogen (secondary N) is 2. The number of carbonyl (C=O) groups is 1. The summed E-state index contributed by atoms with van der Waals surface area (Å²) in [7, 11) is 0. The minimum Gasteiger partial charge on any atom is -0.507 e. The molecule has 1 amide bonds. The number of nitrogens with two attached hydrogens (primary N) is 1. The Balaban J connectivity index is 1.78. The molecule has 7 nitrogen and oxygen atoms in total. The SMILES string of the molecule is CCN(CC)CCNC(=O)c1ccc(-c2cc(Nc3ccc(Cl)cc3CF)ccc2O)nc1N. The molecule has 3 rings (SSSR count). The summed E-state index contributed by atoms with van der Waals surface area (Å²) >= 11 is 5.95. The van der Waals surface area contributed by atoms with Crippen LogP contribution in [-0.4, -0.2) is 47.1 Å². The minimum atomic E-state index is -0.676. The number of phenolic OH excluding ortho intramolecular Hbond substituents is 1. The van der Waals surface area contributed by atoms with Gasteiger partial charge in [0.1, 0.15) is 18.2 Å². The normalized spacial score (nSPS) is 11.0. The number of amides is 1. The number of halogens is 2. The van der Waals surface area contributed by atoms with E-state index in [4.69, 9.17) is 17.3 Å². The van der Waals surface area contributed by atoms with Crippen molar-refractivity contribution in [2.24, 2.45) is 0 Å². The number of hydrogen-bond acceptors (Lipinski definition) is 6. The van der Waals surface area contributed by atoms with Gasteiger partial charge in [0.05, 0.1) is 11.3 Å². The molecule has 1 aromatic heterocycles. The van der Waals surface area contributed by atoms with Crippen molar-refractivity contribution in [1.82, 2.24) is 15.2 Å². The lowest BCUT2D eigenvalue weighted by atomic mass is 10.1. The van der Waals surface area contributed by atoms with Gasteiger partial charge in [-0.3, -0.25) is 4.79 Å². The number of benzene rings is 2. The Hall–Kier alpha value is -3.36. The van der Waals surface area contributed by atoms with Crippen LogP contribution in [0.1, 0.15) is 29.8 Å². The molecule has 0 bridgehead atoms. The Labute approximate surface area is 203 Å². The Morgan fingerprint density at radius 2 is 1.91 bits per heavy atom. The summed E-state index contributed by atoms with van der Waals surface area (Å²) in [5.74, 6) is -0.242. The average Bonchev–Trinajstić information content (AvgIpc) is 2.83. The van der Waals surface area contributed by atoms with Crippen molar-refractivity contribution in [2.45, 2.75) is 20.5 Å². The standard InChI is InChI=1S/C25H29ClFN5O2/c1-3-32(4-2)12-11-29-25(34)19-7-9-22(31-24(19)28)20-14-18(6-10-23(20)33)30-21-8-5-17(26)13-16(21)15-27/h5-10,13-14,30,33H,3-4,11-12,15H2,1-2H3,(H2,28,31)(H,29,34). The predicted octanol–water partition coefficient (Wildman–Crippen LogP) is 4.97. The molecule has 0 aliphatic heterocycles. The second-order valence-electron chi connectivity index (χ2n) is 7.70. The van der Waals surface area contributed by atoms with Crippen LogP contribution in [0.4, 0.5) is 21.6 Å². The molecule has 180 valence electrons. The molecule has 0 fully saturated rings. The fourth-order valence-corrected chi connectivity index (χ4v) is 3.74. The maximum atomic E-state index is 13.4. The highest BCUT2D eigenvalue weighted by Gasteiger charge is 2.15. The molecular weight excluding hydrogens is 457 g/mol. The lowest BCUT2D eigenvalue weighted by Crippen LogP contribution is -2.35. The van der Waals surface area contributed by atoms with Gasteiger partial charge in [0.15, 0.2) is 0 Å². The number of phenols is 1. The number of aromatic nitrogens is 1. The third-order valence-corrected chi connectivity index (χ3v) is 5.78. The number of anilines is 3.